The minimum atomic E-state index is -0.0456. The van der Waals surface area contributed by atoms with E-state index in [-0.39, 0.29) is 18.0 Å². The summed E-state index contributed by atoms with van der Waals surface area (Å²) in [6, 6.07) is 0. The largest absolute Gasteiger partial charge is 0.341 e. The van der Waals surface area contributed by atoms with Gasteiger partial charge in [-0.1, -0.05) is 13.8 Å². The Morgan fingerprint density at radius 2 is 2.00 bits per heavy atom. The Labute approximate surface area is 151 Å². The number of likely N-dealkylation sites (tertiary alicyclic amines) is 1. The van der Waals surface area contributed by atoms with Crippen LogP contribution < -0.4 is 5.56 Å². The molecule has 0 aromatic carbocycles. The third kappa shape index (κ3) is 3.12. The number of hydrogen-bond acceptors (Lipinski definition) is 4. The number of piperidine rings is 1. The second kappa shape index (κ2) is 6.56. The van der Waals surface area contributed by atoms with E-state index >= 15 is 0 Å². The van der Waals surface area contributed by atoms with Crippen molar-refractivity contribution in [1.82, 2.24) is 14.5 Å². The molecule has 0 saturated carbocycles. The number of hydrogen-bond donors (Lipinski definition) is 0. The normalized spacial score (nSPS) is 21.5. The summed E-state index contributed by atoms with van der Waals surface area (Å²) in [5.41, 5.74) is 1.14. The standard InChI is InChI=1S/C19H25N3O2S/c1-12-5-7-21(8-6-12)16(23)10-22-11-20-18-17(19(22)24)14-4-3-13(2)9-15(14)25-18/h11-13H,3-10H2,1-2H3/t13-/m1/s1. The van der Waals surface area contributed by atoms with Gasteiger partial charge in [0.05, 0.1) is 11.7 Å². The van der Waals surface area contributed by atoms with Crippen molar-refractivity contribution in [3.05, 3.63) is 27.1 Å². The molecule has 0 radical (unpaired) electrons. The number of fused-ring (bicyclic) bond motifs is 3. The van der Waals surface area contributed by atoms with Crippen LogP contribution in [0.5, 0.6) is 0 Å². The number of aryl methyl sites for hydroxylation is 1. The number of carbonyl (C=O) groups excluding carboxylic acids is 1. The molecule has 2 aliphatic rings. The second-order valence-corrected chi connectivity index (χ2v) is 8.86. The first-order valence-corrected chi connectivity index (χ1v) is 10.1. The minimum Gasteiger partial charge on any atom is -0.341 e. The van der Waals surface area contributed by atoms with Crippen molar-refractivity contribution in [1.29, 1.82) is 0 Å². The molecular weight excluding hydrogens is 334 g/mol. The summed E-state index contributed by atoms with van der Waals surface area (Å²) >= 11 is 1.65. The number of carbonyl (C=O) groups is 1. The molecule has 5 nitrogen and oxygen atoms in total. The molecule has 3 heterocycles. The maximum atomic E-state index is 13.0. The highest BCUT2D eigenvalue weighted by Crippen LogP contribution is 2.35. The summed E-state index contributed by atoms with van der Waals surface area (Å²) in [7, 11) is 0. The van der Waals surface area contributed by atoms with E-state index in [1.54, 1.807) is 17.7 Å². The Balaban J connectivity index is 1.61. The number of amides is 1. The highest BCUT2D eigenvalue weighted by atomic mass is 32.1. The molecule has 1 amide bonds. The summed E-state index contributed by atoms with van der Waals surface area (Å²) in [4.78, 5) is 34.1. The topological polar surface area (TPSA) is 55.2 Å². The van der Waals surface area contributed by atoms with Crippen molar-refractivity contribution in [2.24, 2.45) is 11.8 Å². The zero-order chi connectivity index (χ0) is 17.6. The van der Waals surface area contributed by atoms with Crippen molar-refractivity contribution in [2.45, 2.75) is 52.5 Å². The van der Waals surface area contributed by atoms with Crippen LogP contribution in [0.25, 0.3) is 10.2 Å². The molecule has 6 heteroatoms. The molecule has 2 aromatic heterocycles. The maximum absolute atomic E-state index is 13.0. The van der Waals surface area contributed by atoms with Gasteiger partial charge in [0.2, 0.25) is 5.91 Å². The van der Waals surface area contributed by atoms with Crippen LogP contribution in [0.2, 0.25) is 0 Å². The number of rotatable bonds is 2. The molecule has 1 fully saturated rings. The SMILES string of the molecule is CC1CCN(C(=O)Cn2cnc3sc4c(c3c2=O)CC[C@@H](C)C4)CC1. The van der Waals surface area contributed by atoms with E-state index in [9.17, 15) is 9.59 Å². The van der Waals surface area contributed by atoms with Crippen molar-refractivity contribution in [3.8, 4) is 0 Å². The van der Waals surface area contributed by atoms with Crippen LogP contribution in [0.3, 0.4) is 0 Å². The quantitative estimate of drug-likeness (QED) is 0.828. The van der Waals surface area contributed by atoms with Crippen molar-refractivity contribution in [3.63, 3.8) is 0 Å². The van der Waals surface area contributed by atoms with E-state index in [0.717, 1.165) is 55.4 Å². The van der Waals surface area contributed by atoms with Crippen LogP contribution >= 0.6 is 11.3 Å². The second-order valence-electron chi connectivity index (χ2n) is 7.77. The molecule has 1 aliphatic heterocycles. The summed E-state index contributed by atoms with van der Waals surface area (Å²) in [6.07, 6.45) is 6.77. The zero-order valence-corrected chi connectivity index (χ0v) is 15.8. The van der Waals surface area contributed by atoms with E-state index in [0.29, 0.717) is 11.8 Å². The smallest absolute Gasteiger partial charge is 0.262 e. The van der Waals surface area contributed by atoms with E-state index in [1.807, 2.05) is 4.90 Å². The Morgan fingerprint density at radius 3 is 2.76 bits per heavy atom. The predicted molar refractivity (Wildman–Crippen MR) is 100 cm³/mol. The first-order chi connectivity index (χ1) is 12.0. The molecule has 0 unspecified atom stereocenters. The molecule has 0 N–H and O–H groups in total. The molecule has 1 atom stereocenters. The highest BCUT2D eigenvalue weighted by molar-refractivity contribution is 7.18. The van der Waals surface area contributed by atoms with Gasteiger partial charge in [0.25, 0.3) is 5.56 Å². The summed E-state index contributed by atoms with van der Waals surface area (Å²) < 4.78 is 1.51. The lowest BCUT2D eigenvalue weighted by atomic mass is 9.89. The number of nitrogens with zero attached hydrogens (tertiary/aromatic N) is 3. The van der Waals surface area contributed by atoms with Gasteiger partial charge in [-0.2, -0.15) is 0 Å². The monoisotopic (exact) mass is 359 g/mol. The van der Waals surface area contributed by atoms with Gasteiger partial charge >= 0.3 is 0 Å². The molecular formula is C19H25N3O2S. The average molecular weight is 359 g/mol. The number of aromatic nitrogens is 2. The van der Waals surface area contributed by atoms with Gasteiger partial charge in [-0.05, 0) is 49.5 Å². The van der Waals surface area contributed by atoms with Gasteiger partial charge in [-0.3, -0.25) is 14.2 Å². The maximum Gasteiger partial charge on any atom is 0.262 e. The van der Waals surface area contributed by atoms with Gasteiger partial charge in [0, 0.05) is 18.0 Å². The molecule has 0 spiro atoms. The minimum absolute atomic E-state index is 0.0351. The summed E-state index contributed by atoms with van der Waals surface area (Å²) in [5, 5.41) is 0.759. The third-order valence-electron chi connectivity index (χ3n) is 5.72. The lowest BCUT2D eigenvalue weighted by Gasteiger charge is -2.30. The molecule has 1 saturated heterocycles. The van der Waals surface area contributed by atoms with Crippen molar-refractivity contribution >= 4 is 27.5 Å². The Morgan fingerprint density at radius 1 is 1.24 bits per heavy atom. The summed E-state index contributed by atoms with van der Waals surface area (Å²) in [6.45, 7) is 6.20. The van der Waals surface area contributed by atoms with Gasteiger partial charge in [0.15, 0.2) is 0 Å². The fourth-order valence-electron chi connectivity index (χ4n) is 3.98. The molecule has 2 aromatic rings. The Kier molecular flexibility index (Phi) is 4.40. The van der Waals surface area contributed by atoms with Crippen LogP contribution in [0.4, 0.5) is 0 Å². The zero-order valence-electron chi connectivity index (χ0n) is 15.0. The van der Waals surface area contributed by atoms with Gasteiger partial charge in [-0.15, -0.1) is 11.3 Å². The third-order valence-corrected chi connectivity index (χ3v) is 6.89. The van der Waals surface area contributed by atoms with Crippen LogP contribution in [0, 0.1) is 11.8 Å². The van der Waals surface area contributed by atoms with Gasteiger partial charge < -0.3 is 4.90 Å². The van der Waals surface area contributed by atoms with Crippen LogP contribution in [0.1, 0.15) is 43.6 Å². The number of thiophene rings is 1. The van der Waals surface area contributed by atoms with E-state index < -0.39 is 0 Å². The van der Waals surface area contributed by atoms with E-state index in [4.69, 9.17) is 0 Å². The molecule has 0 bridgehead atoms. The van der Waals surface area contributed by atoms with Gasteiger partial charge in [-0.25, -0.2) is 4.98 Å². The van der Waals surface area contributed by atoms with E-state index in [2.05, 4.69) is 18.8 Å². The van der Waals surface area contributed by atoms with Crippen molar-refractivity contribution in [2.75, 3.05) is 13.1 Å². The lowest BCUT2D eigenvalue weighted by molar-refractivity contribution is -0.133. The molecule has 134 valence electrons. The lowest BCUT2D eigenvalue weighted by Crippen LogP contribution is -2.41. The first kappa shape index (κ1) is 16.8. The van der Waals surface area contributed by atoms with Crippen LogP contribution in [0.15, 0.2) is 11.1 Å². The predicted octanol–water partition coefficient (Wildman–Crippen LogP) is 2.84. The Hall–Kier alpha value is -1.69. The molecule has 4 rings (SSSR count). The molecule has 25 heavy (non-hydrogen) atoms. The van der Waals surface area contributed by atoms with Crippen LogP contribution in [-0.4, -0.2) is 33.4 Å². The summed E-state index contributed by atoms with van der Waals surface area (Å²) in [5.74, 6) is 1.39. The highest BCUT2D eigenvalue weighted by Gasteiger charge is 2.25. The average Bonchev–Trinajstić information content (AvgIpc) is 2.96. The fraction of sp³-hybridized carbons (Fsp3) is 0.632. The van der Waals surface area contributed by atoms with E-state index in [1.165, 1.54) is 15.0 Å². The first-order valence-electron chi connectivity index (χ1n) is 9.30. The fourth-order valence-corrected chi connectivity index (χ4v) is 5.32. The Bertz CT molecular complexity index is 861. The van der Waals surface area contributed by atoms with Crippen LogP contribution in [-0.2, 0) is 24.2 Å². The van der Waals surface area contributed by atoms with Crippen molar-refractivity contribution < 1.29 is 4.79 Å². The van der Waals surface area contributed by atoms with Gasteiger partial charge in [0.1, 0.15) is 11.4 Å². The molecule has 1 aliphatic carbocycles.